The zero-order valence-corrected chi connectivity index (χ0v) is 20.6. The Hall–Kier alpha value is -1.59. The highest BCUT2D eigenvalue weighted by Gasteiger charge is 2.36. The molecule has 0 bridgehead atoms. The quantitative estimate of drug-likeness (QED) is 0.154. The number of alkyl halides is 3. The number of amides is 1. The lowest BCUT2D eigenvalue weighted by Gasteiger charge is -2.23. The van der Waals surface area contributed by atoms with Crippen LogP contribution in [0.3, 0.4) is 0 Å². The van der Waals surface area contributed by atoms with Gasteiger partial charge in [-0.3, -0.25) is 4.79 Å². The summed E-state index contributed by atoms with van der Waals surface area (Å²) < 4.78 is 53.6. The lowest BCUT2D eigenvalue weighted by Crippen LogP contribution is -2.34. The van der Waals surface area contributed by atoms with Crippen molar-refractivity contribution in [3.63, 3.8) is 0 Å². The summed E-state index contributed by atoms with van der Waals surface area (Å²) in [5, 5.41) is 0. The van der Waals surface area contributed by atoms with Crippen molar-refractivity contribution in [2.75, 3.05) is 13.1 Å². The number of carbonyl (C=O) groups is 1. The van der Waals surface area contributed by atoms with Gasteiger partial charge in [0.1, 0.15) is 5.82 Å². The standard InChI is InChI=1S/C27H43F4NO/c1-3-5-7-8-9-10-11-12-13-14-15-17-22-32(21-16-6-4-2)26(33)23-19-18-20-24(25(23)28)27(29,30)31/h18-20H,3-17,21-22H2,1-2H3. The Kier molecular flexibility index (Phi) is 15.1. The second-order valence-corrected chi connectivity index (χ2v) is 9.05. The Bertz CT molecular complexity index is 660. The summed E-state index contributed by atoms with van der Waals surface area (Å²) in [6.45, 7) is 5.17. The molecule has 0 N–H and O–H groups in total. The van der Waals surface area contributed by atoms with Crippen LogP contribution in [0.1, 0.15) is 126 Å². The molecule has 0 aliphatic heterocycles. The topological polar surface area (TPSA) is 20.3 Å². The molecular formula is C27H43F4NO. The largest absolute Gasteiger partial charge is 0.419 e. The summed E-state index contributed by atoms with van der Waals surface area (Å²) in [7, 11) is 0. The van der Waals surface area contributed by atoms with Crippen molar-refractivity contribution in [3.05, 3.63) is 35.1 Å². The van der Waals surface area contributed by atoms with Crippen LogP contribution in [0, 0.1) is 5.82 Å². The molecule has 0 atom stereocenters. The van der Waals surface area contributed by atoms with E-state index in [1.165, 1.54) is 62.7 Å². The molecule has 0 heterocycles. The van der Waals surface area contributed by atoms with Crippen LogP contribution in [0.4, 0.5) is 17.6 Å². The summed E-state index contributed by atoms with van der Waals surface area (Å²) in [6.07, 6.45) is 12.2. The van der Waals surface area contributed by atoms with Crippen LogP contribution in [0.25, 0.3) is 0 Å². The molecule has 0 saturated heterocycles. The van der Waals surface area contributed by atoms with E-state index < -0.39 is 29.0 Å². The molecule has 0 spiro atoms. The Morgan fingerprint density at radius 2 is 1.15 bits per heavy atom. The van der Waals surface area contributed by atoms with Crippen molar-refractivity contribution < 1.29 is 22.4 Å². The van der Waals surface area contributed by atoms with Crippen molar-refractivity contribution in [1.82, 2.24) is 4.90 Å². The molecule has 0 fully saturated rings. The van der Waals surface area contributed by atoms with E-state index >= 15 is 0 Å². The van der Waals surface area contributed by atoms with Gasteiger partial charge in [0.25, 0.3) is 5.91 Å². The minimum absolute atomic E-state index is 0.445. The third-order valence-electron chi connectivity index (χ3n) is 6.13. The van der Waals surface area contributed by atoms with Crippen molar-refractivity contribution in [1.29, 1.82) is 0 Å². The van der Waals surface area contributed by atoms with Crippen LogP contribution < -0.4 is 0 Å². The lowest BCUT2D eigenvalue weighted by atomic mass is 10.0. The van der Waals surface area contributed by atoms with Gasteiger partial charge in [0, 0.05) is 13.1 Å². The van der Waals surface area contributed by atoms with Crippen LogP contribution in [-0.2, 0) is 6.18 Å². The minimum Gasteiger partial charge on any atom is -0.339 e. The first-order valence-corrected chi connectivity index (χ1v) is 13.0. The predicted octanol–water partition coefficient (Wildman–Crippen LogP) is 9.18. The molecule has 0 aliphatic carbocycles. The van der Waals surface area contributed by atoms with Crippen molar-refractivity contribution in [3.8, 4) is 0 Å². The molecule has 0 unspecified atom stereocenters. The van der Waals surface area contributed by atoms with E-state index in [-0.39, 0.29) is 0 Å². The fraction of sp³-hybridized carbons (Fsp3) is 0.741. The van der Waals surface area contributed by atoms with Gasteiger partial charge in [-0.25, -0.2) is 4.39 Å². The molecule has 190 valence electrons. The highest BCUT2D eigenvalue weighted by molar-refractivity contribution is 5.94. The first-order chi connectivity index (χ1) is 15.8. The van der Waals surface area contributed by atoms with Gasteiger partial charge in [0.05, 0.1) is 11.1 Å². The van der Waals surface area contributed by atoms with Gasteiger partial charge in [-0.05, 0) is 25.0 Å². The van der Waals surface area contributed by atoms with Gasteiger partial charge >= 0.3 is 6.18 Å². The molecule has 1 amide bonds. The van der Waals surface area contributed by atoms with Crippen LogP contribution in [0.15, 0.2) is 18.2 Å². The molecule has 0 aliphatic rings. The summed E-state index contributed by atoms with van der Waals surface area (Å²) in [5.74, 6) is -2.11. The summed E-state index contributed by atoms with van der Waals surface area (Å²) >= 11 is 0. The Labute approximate surface area is 198 Å². The number of hydrogen-bond acceptors (Lipinski definition) is 1. The molecule has 1 aromatic carbocycles. The average molecular weight is 474 g/mol. The lowest BCUT2D eigenvalue weighted by molar-refractivity contribution is -0.140. The SMILES string of the molecule is CCCCCCCCCCCCCCN(CCCCC)C(=O)c1cccc(C(F)(F)F)c1F. The third kappa shape index (κ3) is 11.9. The first kappa shape index (κ1) is 29.4. The Morgan fingerprint density at radius 1 is 0.727 bits per heavy atom. The highest BCUT2D eigenvalue weighted by atomic mass is 19.4. The number of halogens is 4. The van der Waals surface area contributed by atoms with E-state index in [0.29, 0.717) is 19.2 Å². The van der Waals surface area contributed by atoms with Gasteiger partial charge in [0.2, 0.25) is 0 Å². The van der Waals surface area contributed by atoms with Gasteiger partial charge < -0.3 is 4.90 Å². The molecule has 0 saturated carbocycles. The zero-order chi connectivity index (χ0) is 24.5. The van der Waals surface area contributed by atoms with E-state index in [4.69, 9.17) is 0 Å². The smallest absolute Gasteiger partial charge is 0.339 e. The molecular weight excluding hydrogens is 430 g/mol. The van der Waals surface area contributed by atoms with E-state index in [1.807, 2.05) is 6.92 Å². The third-order valence-corrected chi connectivity index (χ3v) is 6.13. The average Bonchev–Trinajstić information content (AvgIpc) is 2.77. The summed E-state index contributed by atoms with van der Waals surface area (Å²) in [6, 6.07) is 2.94. The van der Waals surface area contributed by atoms with Crippen LogP contribution >= 0.6 is 0 Å². The van der Waals surface area contributed by atoms with E-state index in [2.05, 4.69) is 6.92 Å². The second kappa shape index (κ2) is 16.9. The number of benzene rings is 1. The van der Waals surface area contributed by atoms with Crippen molar-refractivity contribution >= 4 is 5.91 Å². The van der Waals surface area contributed by atoms with Crippen LogP contribution in [0.2, 0.25) is 0 Å². The number of hydrogen-bond donors (Lipinski definition) is 0. The normalized spacial score (nSPS) is 11.7. The van der Waals surface area contributed by atoms with Crippen molar-refractivity contribution in [2.24, 2.45) is 0 Å². The molecule has 1 rings (SSSR count). The molecule has 0 aromatic heterocycles. The molecule has 1 aromatic rings. The summed E-state index contributed by atoms with van der Waals surface area (Å²) in [4.78, 5) is 14.4. The monoisotopic (exact) mass is 473 g/mol. The van der Waals surface area contributed by atoms with Crippen molar-refractivity contribution in [2.45, 2.75) is 116 Å². The maximum atomic E-state index is 14.5. The van der Waals surface area contributed by atoms with Crippen LogP contribution in [0.5, 0.6) is 0 Å². The van der Waals surface area contributed by atoms with E-state index in [0.717, 1.165) is 50.7 Å². The zero-order valence-electron chi connectivity index (χ0n) is 20.6. The molecule has 33 heavy (non-hydrogen) atoms. The fourth-order valence-electron chi connectivity index (χ4n) is 4.10. The van der Waals surface area contributed by atoms with Crippen LogP contribution in [-0.4, -0.2) is 23.9 Å². The van der Waals surface area contributed by atoms with E-state index in [1.54, 1.807) is 0 Å². The number of carbonyl (C=O) groups excluding carboxylic acids is 1. The van der Waals surface area contributed by atoms with Gasteiger partial charge in [-0.15, -0.1) is 0 Å². The van der Waals surface area contributed by atoms with Gasteiger partial charge in [0.15, 0.2) is 0 Å². The number of rotatable bonds is 18. The second-order valence-electron chi connectivity index (χ2n) is 9.05. The van der Waals surface area contributed by atoms with E-state index in [9.17, 15) is 22.4 Å². The predicted molar refractivity (Wildman–Crippen MR) is 128 cm³/mol. The number of nitrogens with zero attached hydrogens (tertiary/aromatic N) is 1. The Balaban J connectivity index is 2.47. The maximum Gasteiger partial charge on any atom is 0.419 e. The first-order valence-electron chi connectivity index (χ1n) is 13.0. The molecule has 2 nitrogen and oxygen atoms in total. The molecule has 6 heteroatoms. The highest BCUT2D eigenvalue weighted by Crippen LogP contribution is 2.32. The Morgan fingerprint density at radius 3 is 1.64 bits per heavy atom. The fourth-order valence-corrected chi connectivity index (χ4v) is 4.10. The molecule has 0 radical (unpaired) electrons. The minimum atomic E-state index is -4.82. The number of unbranched alkanes of at least 4 members (excludes halogenated alkanes) is 13. The summed E-state index contributed by atoms with van der Waals surface area (Å²) in [5.41, 5.74) is -1.87. The maximum absolute atomic E-state index is 14.5. The van der Waals surface area contributed by atoms with Gasteiger partial charge in [-0.1, -0.05) is 103 Å². The van der Waals surface area contributed by atoms with Gasteiger partial charge in [-0.2, -0.15) is 13.2 Å².